The molecule has 0 aromatic carbocycles. The smallest absolute Gasteiger partial charge is 0.305 e. The molecule has 0 fully saturated rings. The number of ether oxygens (including phenoxy) is 1. The Hall–Kier alpha value is -0.830. The van der Waals surface area contributed by atoms with Gasteiger partial charge in [-0.3, -0.25) is 4.79 Å². The Bertz CT molecular complexity index is 446. The first-order chi connectivity index (χ1) is 19.2. The lowest BCUT2D eigenvalue weighted by molar-refractivity contribution is -0.143. The van der Waals surface area contributed by atoms with Crippen LogP contribution in [0.4, 0.5) is 0 Å². The zero-order chi connectivity index (χ0) is 28.9. The summed E-state index contributed by atoms with van der Waals surface area (Å²) in [5.74, 6) is -0.0415. The minimum Gasteiger partial charge on any atom is -0.466 e. The molecular weight excluding hydrogens is 480 g/mol. The van der Waals surface area contributed by atoms with Gasteiger partial charge in [-0.05, 0) is 45.4 Å². The van der Waals surface area contributed by atoms with Crippen molar-refractivity contribution in [2.24, 2.45) is 0 Å². The van der Waals surface area contributed by atoms with E-state index in [4.69, 9.17) is 9.84 Å². The number of allylic oxidation sites excluding steroid dienone is 2. The van der Waals surface area contributed by atoms with Crippen LogP contribution in [0.15, 0.2) is 12.2 Å². The van der Waals surface area contributed by atoms with Crippen molar-refractivity contribution in [1.29, 1.82) is 0 Å². The highest BCUT2D eigenvalue weighted by Crippen LogP contribution is 2.13. The summed E-state index contributed by atoms with van der Waals surface area (Å²) in [5, 5.41) is 8.64. The zero-order valence-electron chi connectivity index (χ0n) is 27.1. The Kier molecular flexibility index (Phi) is 40.6. The molecule has 0 rings (SSSR count). The third-order valence-electron chi connectivity index (χ3n) is 7.46. The van der Waals surface area contributed by atoms with Crippen LogP contribution < -0.4 is 0 Å². The van der Waals surface area contributed by atoms with Gasteiger partial charge in [-0.1, -0.05) is 161 Å². The first-order valence-electron chi connectivity index (χ1n) is 17.6. The van der Waals surface area contributed by atoms with Gasteiger partial charge < -0.3 is 9.84 Å². The van der Waals surface area contributed by atoms with Crippen LogP contribution in [0.5, 0.6) is 0 Å². The molecule has 0 amide bonds. The molecule has 0 aliphatic rings. The van der Waals surface area contributed by atoms with Crippen molar-refractivity contribution in [1.82, 2.24) is 0 Å². The number of esters is 1. The summed E-state index contributed by atoms with van der Waals surface area (Å²) in [4.78, 5) is 11.1. The molecule has 0 radical (unpaired) electrons. The Morgan fingerprint density at radius 1 is 0.487 bits per heavy atom. The summed E-state index contributed by atoms with van der Waals surface area (Å²) < 4.78 is 4.91. The average molecular weight is 553 g/mol. The molecule has 0 heterocycles. The molecule has 0 aliphatic heterocycles. The first kappa shape index (κ1) is 40.3. The molecular formula is C36H72O3. The van der Waals surface area contributed by atoms with Gasteiger partial charge in [0.25, 0.3) is 0 Å². The second kappa shape index (κ2) is 39.3. The lowest BCUT2D eigenvalue weighted by Crippen LogP contribution is -2.03. The molecule has 0 aromatic rings. The van der Waals surface area contributed by atoms with Gasteiger partial charge in [0, 0.05) is 13.0 Å². The van der Waals surface area contributed by atoms with Crippen LogP contribution in [0.3, 0.4) is 0 Å². The number of aliphatic hydroxyl groups is 1. The van der Waals surface area contributed by atoms with E-state index in [0.29, 0.717) is 19.6 Å². The van der Waals surface area contributed by atoms with Gasteiger partial charge in [-0.2, -0.15) is 0 Å². The molecule has 0 unspecified atom stereocenters. The van der Waals surface area contributed by atoms with Gasteiger partial charge in [0.05, 0.1) is 6.61 Å². The summed E-state index contributed by atoms with van der Waals surface area (Å²) in [6, 6.07) is 0. The van der Waals surface area contributed by atoms with E-state index < -0.39 is 0 Å². The predicted molar refractivity (Wildman–Crippen MR) is 173 cm³/mol. The molecule has 0 bridgehead atoms. The van der Waals surface area contributed by atoms with Crippen LogP contribution in [0.1, 0.15) is 201 Å². The fraction of sp³-hybridized carbons (Fsp3) is 0.917. The maximum Gasteiger partial charge on any atom is 0.305 e. The highest BCUT2D eigenvalue weighted by molar-refractivity contribution is 5.69. The van der Waals surface area contributed by atoms with Gasteiger partial charge >= 0.3 is 5.97 Å². The SMILES string of the molecule is CCCCCCCC/C=C\CCCCCCCC(=O)OCC.CCCCCCCCCCCCCCCCO. The van der Waals surface area contributed by atoms with Crippen LogP contribution in [0, 0.1) is 0 Å². The molecule has 3 heteroatoms. The van der Waals surface area contributed by atoms with E-state index in [9.17, 15) is 4.79 Å². The summed E-state index contributed by atoms with van der Waals surface area (Å²) in [6.07, 6.45) is 41.2. The molecule has 0 saturated heterocycles. The van der Waals surface area contributed by atoms with Gasteiger partial charge in [-0.15, -0.1) is 0 Å². The van der Waals surface area contributed by atoms with Crippen molar-refractivity contribution in [2.75, 3.05) is 13.2 Å². The minimum atomic E-state index is -0.0415. The second-order valence-electron chi connectivity index (χ2n) is 11.5. The average Bonchev–Trinajstić information content (AvgIpc) is 2.94. The molecule has 3 nitrogen and oxygen atoms in total. The van der Waals surface area contributed by atoms with Crippen LogP contribution in [-0.2, 0) is 9.53 Å². The Balaban J connectivity index is 0. The summed E-state index contributed by atoms with van der Waals surface area (Å²) in [5.41, 5.74) is 0. The number of rotatable bonds is 30. The van der Waals surface area contributed by atoms with Crippen LogP contribution in [-0.4, -0.2) is 24.3 Å². The lowest BCUT2D eigenvalue weighted by atomic mass is 10.0. The number of hydrogen-bond donors (Lipinski definition) is 1. The molecule has 1 N–H and O–H groups in total. The van der Waals surface area contributed by atoms with Crippen molar-refractivity contribution >= 4 is 5.97 Å². The van der Waals surface area contributed by atoms with Crippen LogP contribution in [0.25, 0.3) is 0 Å². The molecule has 0 aromatic heterocycles. The standard InChI is InChI=1S/C20H38O2.C16H34O/c1-3-5-6-7-8-9-10-11-12-13-14-15-16-17-18-19-20(21)22-4-2;1-2-3-4-5-6-7-8-9-10-11-12-13-14-15-16-17/h11-12H,3-10,13-19H2,1-2H3;17H,2-16H2,1H3/b12-11-;. The summed E-state index contributed by atoms with van der Waals surface area (Å²) in [6.45, 7) is 7.28. The second-order valence-corrected chi connectivity index (χ2v) is 11.5. The van der Waals surface area contributed by atoms with Crippen LogP contribution in [0.2, 0.25) is 0 Å². The lowest BCUT2D eigenvalue weighted by Gasteiger charge is -2.02. The highest BCUT2D eigenvalue weighted by Gasteiger charge is 2.00. The van der Waals surface area contributed by atoms with E-state index in [0.717, 1.165) is 19.3 Å². The van der Waals surface area contributed by atoms with Crippen LogP contribution >= 0.6 is 0 Å². The Morgan fingerprint density at radius 3 is 1.18 bits per heavy atom. The number of unbranched alkanes of at least 4 members (excludes halogenated alkanes) is 24. The monoisotopic (exact) mass is 553 g/mol. The first-order valence-corrected chi connectivity index (χ1v) is 17.6. The van der Waals surface area contributed by atoms with E-state index in [1.54, 1.807) is 0 Å². The van der Waals surface area contributed by atoms with E-state index >= 15 is 0 Å². The molecule has 39 heavy (non-hydrogen) atoms. The van der Waals surface area contributed by atoms with Crippen molar-refractivity contribution in [3.63, 3.8) is 0 Å². The molecule has 0 saturated carbocycles. The fourth-order valence-electron chi connectivity index (χ4n) is 4.88. The quantitative estimate of drug-likeness (QED) is 0.0547. The summed E-state index contributed by atoms with van der Waals surface area (Å²) >= 11 is 0. The van der Waals surface area contributed by atoms with E-state index in [-0.39, 0.29) is 5.97 Å². The molecule has 0 atom stereocenters. The topological polar surface area (TPSA) is 46.5 Å². The number of aliphatic hydroxyl groups excluding tert-OH is 1. The Morgan fingerprint density at radius 2 is 0.821 bits per heavy atom. The van der Waals surface area contributed by atoms with Gasteiger partial charge in [0.15, 0.2) is 0 Å². The third kappa shape index (κ3) is 41.8. The van der Waals surface area contributed by atoms with Gasteiger partial charge in [0.2, 0.25) is 0 Å². The van der Waals surface area contributed by atoms with Crippen molar-refractivity contribution < 1.29 is 14.6 Å². The third-order valence-corrected chi connectivity index (χ3v) is 7.46. The van der Waals surface area contributed by atoms with Crippen molar-refractivity contribution in [2.45, 2.75) is 201 Å². The maximum absolute atomic E-state index is 11.1. The highest BCUT2D eigenvalue weighted by atomic mass is 16.5. The fourth-order valence-corrected chi connectivity index (χ4v) is 4.88. The normalized spacial score (nSPS) is 11.1. The van der Waals surface area contributed by atoms with Gasteiger partial charge in [0.1, 0.15) is 0 Å². The molecule has 0 spiro atoms. The number of carbonyl (C=O) groups excluding carboxylic acids is 1. The number of hydrogen-bond acceptors (Lipinski definition) is 3. The van der Waals surface area contributed by atoms with Crippen molar-refractivity contribution in [3.8, 4) is 0 Å². The Labute approximate surface area is 246 Å². The number of carbonyl (C=O) groups is 1. The predicted octanol–water partition coefficient (Wildman–Crippen LogP) is 12.0. The van der Waals surface area contributed by atoms with E-state index in [1.165, 1.54) is 154 Å². The van der Waals surface area contributed by atoms with E-state index in [2.05, 4.69) is 26.0 Å². The molecule has 0 aliphatic carbocycles. The van der Waals surface area contributed by atoms with E-state index in [1.807, 2.05) is 6.92 Å². The maximum atomic E-state index is 11.1. The minimum absolute atomic E-state index is 0.0415. The zero-order valence-corrected chi connectivity index (χ0v) is 27.1. The van der Waals surface area contributed by atoms with Crippen molar-refractivity contribution in [3.05, 3.63) is 12.2 Å². The molecule has 234 valence electrons. The summed E-state index contributed by atoms with van der Waals surface area (Å²) in [7, 11) is 0. The van der Waals surface area contributed by atoms with Gasteiger partial charge in [-0.25, -0.2) is 0 Å². The largest absolute Gasteiger partial charge is 0.466 e.